The number of aliphatic hydroxyl groups excluding tert-OH is 1. The summed E-state index contributed by atoms with van der Waals surface area (Å²) in [5.74, 6) is 0. The molecule has 1 heterocycles. The van der Waals surface area contributed by atoms with Gasteiger partial charge in [0.15, 0.2) is 0 Å². The van der Waals surface area contributed by atoms with E-state index in [-0.39, 0.29) is 18.2 Å². The summed E-state index contributed by atoms with van der Waals surface area (Å²) < 4.78 is 0. The zero-order valence-electron chi connectivity index (χ0n) is 9.06. The summed E-state index contributed by atoms with van der Waals surface area (Å²) in [7, 11) is 0. The third-order valence-corrected chi connectivity index (χ3v) is 3.13. The van der Waals surface area contributed by atoms with Crippen molar-refractivity contribution >= 4 is 0 Å². The molecule has 3 atom stereocenters. The maximum absolute atomic E-state index is 9.71. The SMILES string of the molecule is C[C@@H](N[C@H]1CCC[C@@H]1O)c1cccnc1. The molecular weight excluding hydrogens is 188 g/mol. The van der Waals surface area contributed by atoms with Crippen molar-refractivity contribution in [3.8, 4) is 0 Å². The Morgan fingerprint density at radius 1 is 1.53 bits per heavy atom. The van der Waals surface area contributed by atoms with Gasteiger partial charge in [-0.1, -0.05) is 6.07 Å². The second-order valence-electron chi connectivity index (χ2n) is 4.28. The number of hydrogen-bond donors (Lipinski definition) is 2. The number of pyridine rings is 1. The number of rotatable bonds is 3. The standard InChI is InChI=1S/C12H18N2O/c1-9(10-4-3-7-13-8-10)14-11-5-2-6-12(11)15/h3-4,7-9,11-12,14-15H,2,5-6H2,1H3/t9-,11+,12+/m1/s1. The lowest BCUT2D eigenvalue weighted by atomic mass is 10.1. The number of aromatic nitrogens is 1. The van der Waals surface area contributed by atoms with Crippen LogP contribution in [0.2, 0.25) is 0 Å². The van der Waals surface area contributed by atoms with Gasteiger partial charge in [-0.3, -0.25) is 4.98 Å². The molecule has 1 fully saturated rings. The number of nitrogens with one attached hydrogen (secondary N) is 1. The third-order valence-electron chi connectivity index (χ3n) is 3.13. The van der Waals surface area contributed by atoms with Crippen LogP contribution in [0.4, 0.5) is 0 Å². The fourth-order valence-corrected chi connectivity index (χ4v) is 2.18. The topological polar surface area (TPSA) is 45.1 Å². The molecular formula is C12H18N2O. The quantitative estimate of drug-likeness (QED) is 0.790. The molecule has 2 rings (SSSR count). The maximum atomic E-state index is 9.71. The van der Waals surface area contributed by atoms with Gasteiger partial charge in [0.25, 0.3) is 0 Å². The van der Waals surface area contributed by atoms with Gasteiger partial charge in [-0.2, -0.15) is 0 Å². The van der Waals surface area contributed by atoms with Crippen molar-refractivity contribution in [1.82, 2.24) is 10.3 Å². The van der Waals surface area contributed by atoms with E-state index in [2.05, 4.69) is 23.3 Å². The van der Waals surface area contributed by atoms with Gasteiger partial charge in [-0.15, -0.1) is 0 Å². The predicted octanol–water partition coefficient (Wildman–Crippen LogP) is 1.65. The first kappa shape index (κ1) is 10.6. The Balaban J connectivity index is 1.95. The van der Waals surface area contributed by atoms with E-state index in [0.29, 0.717) is 0 Å². The van der Waals surface area contributed by atoms with Crippen molar-refractivity contribution in [2.75, 3.05) is 0 Å². The predicted molar refractivity (Wildman–Crippen MR) is 59.4 cm³/mol. The van der Waals surface area contributed by atoms with E-state index in [1.165, 1.54) is 5.56 Å². The first-order valence-electron chi connectivity index (χ1n) is 5.61. The minimum absolute atomic E-state index is 0.177. The zero-order valence-corrected chi connectivity index (χ0v) is 9.06. The maximum Gasteiger partial charge on any atom is 0.0693 e. The second kappa shape index (κ2) is 4.73. The molecule has 1 aromatic rings. The average molecular weight is 206 g/mol. The summed E-state index contributed by atoms with van der Waals surface area (Å²) in [5.41, 5.74) is 1.18. The van der Waals surface area contributed by atoms with E-state index >= 15 is 0 Å². The Morgan fingerprint density at radius 2 is 2.40 bits per heavy atom. The summed E-state index contributed by atoms with van der Waals surface area (Å²) in [4.78, 5) is 4.10. The molecule has 0 spiro atoms. The summed E-state index contributed by atoms with van der Waals surface area (Å²) >= 11 is 0. The van der Waals surface area contributed by atoms with Gasteiger partial charge in [-0.25, -0.2) is 0 Å². The molecule has 1 aliphatic carbocycles. The Bertz CT molecular complexity index is 302. The van der Waals surface area contributed by atoms with Crippen LogP contribution in [0, 0.1) is 0 Å². The number of hydrogen-bond acceptors (Lipinski definition) is 3. The highest BCUT2D eigenvalue weighted by atomic mass is 16.3. The minimum Gasteiger partial charge on any atom is -0.392 e. The fraction of sp³-hybridized carbons (Fsp3) is 0.583. The van der Waals surface area contributed by atoms with E-state index in [1.807, 2.05) is 12.3 Å². The molecule has 1 aliphatic rings. The van der Waals surface area contributed by atoms with Gasteiger partial charge in [-0.05, 0) is 37.8 Å². The molecule has 0 aromatic carbocycles. The molecule has 0 amide bonds. The smallest absolute Gasteiger partial charge is 0.0693 e. The highest BCUT2D eigenvalue weighted by Gasteiger charge is 2.26. The average Bonchev–Trinajstić information content (AvgIpc) is 2.66. The van der Waals surface area contributed by atoms with Crippen LogP contribution in [0.25, 0.3) is 0 Å². The first-order chi connectivity index (χ1) is 7.27. The van der Waals surface area contributed by atoms with Crippen molar-refractivity contribution in [3.63, 3.8) is 0 Å². The molecule has 0 bridgehead atoms. The molecule has 2 N–H and O–H groups in total. The van der Waals surface area contributed by atoms with Gasteiger partial charge in [0.05, 0.1) is 6.10 Å². The summed E-state index contributed by atoms with van der Waals surface area (Å²) in [6.07, 6.45) is 6.60. The van der Waals surface area contributed by atoms with Crippen molar-refractivity contribution in [2.45, 2.75) is 44.4 Å². The number of nitrogens with zero attached hydrogens (tertiary/aromatic N) is 1. The van der Waals surface area contributed by atoms with Crippen LogP contribution in [0.1, 0.15) is 37.8 Å². The lowest BCUT2D eigenvalue weighted by molar-refractivity contribution is 0.144. The Morgan fingerprint density at radius 3 is 3.00 bits per heavy atom. The van der Waals surface area contributed by atoms with E-state index in [4.69, 9.17) is 0 Å². The molecule has 1 saturated carbocycles. The fourth-order valence-electron chi connectivity index (χ4n) is 2.18. The third kappa shape index (κ3) is 2.55. The van der Waals surface area contributed by atoms with E-state index in [0.717, 1.165) is 19.3 Å². The van der Waals surface area contributed by atoms with Crippen molar-refractivity contribution in [3.05, 3.63) is 30.1 Å². The van der Waals surface area contributed by atoms with Gasteiger partial charge >= 0.3 is 0 Å². The number of aliphatic hydroxyl groups is 1. The van der Waals surface area contributed by atoms with E-state index < -0.39 is 0 Å². The van der Waals surface area contributed by atoms with Crippen molar-refractivity contribution < 1.29 is 5.11 Å². The minimum atomic E-state index is -0.177. The molecule has 3 heteroatoms. The first-order valence-corrected chi connectivity index (χ1v) is 5.61. The van der Waals surface area contributed by atoms with E-state index in [1.54, 1.807) is 6.20 Å². The molecule has 15 heavy (non-hydrogen) atoms. The summed E-state index contributed by atoms with van der Waals surface area (Å²) in [6.45, 7) is 2.11. The highest BCUT2D eigenvalue weighted by Crippen LogP contribution is 2.22. The van der Waals surface area contributed by atoms with E-state index in [9.17, 15) is 5.11 Å². The van der Waals surface area contributed by atoms with Crippen LogP contribution in [-0.4, -0.2) is 22.2 Å². The summed E-state index contributed by atoms with van der Waals surface area (Å²) in [5, 5.41) is 13.2. The molecule has 0 unspecified atom stereocenters. The van der Waals surface area contributed by atoms with Crippen LogP contribution >= 0.6 is 0 Å². The lowest BCUT2D eigenvalue weighted by Crippen LogP contribution is -2.37. The molecule has 0 aliphatic heterocycles. The molecule has 0 radical (unpaired) electrons. The Hall–Kier alpha value is -0.930. The highest BCUT2D eigenvalue weighted by molar-refractivity contribution is 5.13. The lowest BCUT2D eigenvalue weighted by Gasteiger charge is -2.22. The van der Waals surface area contributed by atoms with Gasteiger partial charge in [0.1, 0.15) is 0 Å². The molecule has 0 saturated heterocycles. The van der Waals surface area contributed by atoms with Crippen LogP contribution in [0.15, 0.2) is 24.5 Å². The molecule has 1 aromatic heterocycles. The summed E-state index contributed by atoms with van der Waals surface area (Å²) in [6, 6.07) is 4.52. The monoisotopic (exact) mass is 206 g/mol. The zero-order chi connectivity index (χ0) is 10.7. The largest absolute Gasteiger partial charge is 0.392 e. The Labute approximate surface area is 90.5 Å². The van der Waals surface area contributed by atoms with Crippen LogP contribution in [-0.2, 0) is 0 Å². The molecule has 82 valence electrons. The van der Waals surface area contributed by atoms with Crippen molar-refractivity contribution in [2.24, 2.45) is 0 Å². The van der Waals surface area contributed by atoms with Gasteiger partial charge in [0, 0.05) is 24.5 Å². The van der Waals surface area contributed by atoms with Gasteiger partial charge < -0.3 is 10.4 Å². The van der Waals surface area contributed by atoms with Crippen LogP contribution in [0.3, 0.4) is 0 Å². The van der Waals surface area contributed by atoms with Gasteiger partial charge in [0.2, 0.25) is 0 Å². The van der Waals surface area contributed by atoms with Crippen molar-refractivity contribution in [1.29, 1.82) is 0 Å². The molecule has 3 nitrogen and oxygen atoms in total. The van der Waals surface area contributed by atoms with Crippen LogP contribution < -0.4 is 5.32 Å². The normalized spacial score (nSPS) is 27.9. The Kier molecular flexibility index (Phi) is 3.34. The second-order valence-corrected chi connectivity index (χ2v) is 4.28. The van der Waals surface area contributed by atoms with Crippen LogP contribution in [0.5, 0.6) is 0 Å².